The number of nitrogens with zero attached hydrogens (tertiary/aromatic N) is 3. The average molecular weight is 324 g/mol. The molecule has 1 aliphatic rings. The molecule has 0 radical (unpaired) electrons. The van der Waals surface area contributed by atoms with Crippen LogP contribution in [-0.2, 0) is 0 Å². The standard InChI is InChI=1S/C15H9ClF3N3/c16-13-5-11(15-20-6-14(19)22(15)21-13)10-4-9(10)8-2-1-7(17)3-12(8)18/h1-3,5-6,9-10H,4H2/t9-,10?/m1/s1. The summed E-state index contributed by atoms with van der Waals surface area (Å²) in [6.45, 7) is 0. The van der Waals surface area contributed by atoms with Crippen molar-refractivity contribution in [3.8, 4) is 0 Å². The van der Waals surface area contributed by atoms with E-state index in [2.05, 4.69) is 10.1 Å². The van der Waals surface area contributed by atoms with Crippen LogP contribution < -0.4 is 0 Å². The molecule has 1 fully saturated rings. The predicted molar refractivity (Wildman–Crippen MR) is 74.4 cm³/mol. The van der Waals surface area contributed by atoms with Crippen molar-refractivity contribution >= 4 is 17.2 Å². The molecule has 0 N–H and O–H groups in total. The number of aromatic nitrogens is 3. The maximum Gasteiger partial charge on any atom is 0.234 e. The summed E-state index contributed by atoms with van der Waals surface area (Å²) < 4.78 is 41.5. The first-order valence-corrected chi connectivity index (χ1v) is 7.07. The van der Waals surface area contributed by atoms with Gasteiger partial charge in [0.25, 0.3) is 0 Å². The maximum absolute atomic E-state index is 13.9. The summed E-state index contributed by atoms with van der Waals surface area (Å²) >= 11 is 5.92. The molecule has 1 aromatic carbocycles. The van der Waals surface area contributed by atoms with E-state index in [-0.39, 0.29) is 17.0 Å². The smallest absolute Gasteiger partial charge is 0.232 e. The van der Waals surface area contributed by atoms with E-state index in [0.717, 1.165) is 22.3 Å². The molecule has 1 saturated carbocycles. The van der Waals surface area contributed by atoms with Crippen molar-refractivity contribution in [1.29, 1.82) is 0 Å². The Morgan fingerprint density at radius 1 is 1.09 bits per heavy atom. The Hall–Kier alpha value is -2.08. The Balaban J connectivity index is 1.76. The monoisotopic (exact) mass is 323 g/mol. The van der Waals surface area contributed by atoms with E-state index < -0.39 is 17.6 Å². The number of halogens is 4. The van der Waals surface area contributed by atoms with Gasteiger partial charge in [0.2, 0.25) is 5.95 Å². The summed E-state index contributed by atoms with van der Waals surface area (Å²) in [6, 6.07) is 5.17. The molecule has 2 aromatic heterocycles. The normalized spacial score (nSPS) is 20.5. The van der Waals surface area contributed by atoms with Crippen LogP contribution in [0.3, 0.4) is 0 Å². The second-order valence-corrected chi connectivity index (χ2v) is 5.74. The van der Waals surface area contributed by atoms with Crippen LogP contribution in [0.5, 0.6) is 0 Å². The topological polar surface area (TPSA) is 30.2 Å². The molecule has 4 rings (SSSR count). The van der Waals surface area contributed by atoms with E-state index in [0.29, 0.717) is 17.6 Å². The van der Waals surface area contributed by atoms with Crippen molar-refractivity contribution < 1.29 is 13.2 Å². The first-order valence-electron chi connectivity index (χ1n) is 6.69. The van der Waals surface area contributed by atoms with Crippen LogP contribution in [-0.4, -0.2) is 14.6 Å². The van der Waals surface area contributed by atoms with Crippen LogP contribution in [0.4, 0.5) is 13.2 Å². The van der Waals surface area contributed by atoms with Gasteiger partial charge in [-0.15, -0.1) is 0 Å². The van der Waals surface area contributed by atoms with Crippen LogP contribution >= 0.6 is 11.6 Å². The molecule has 0 amide bonds. The zero-order chi connectivity index (χ0) is 15.4. The number of hydrogen-bond acceptors (Lipinski definition) is 2. The summed E-state index contributed by atoms with van der Waals surface area (Å²) in [5, 5.41) is 4.00. The molecular weight excluding hydrogens is 315 g/mol. The highest BCUT2D eigenvalue weighted by atomic mass is 35.5. The minimum absolute atomic E-state index is 0.0373. The van der Waals surface area contributed by atoms with Crippen LogP contribution in [0.15, 0.2) is 30.5 Å². The minimum Gasteiger partial charge on any atom is -0.232 e. The molecule has 0 aliphatic heterocycles. The first kappa shape index (κ1) is 13.6. The molecular formula is C15H9ClF3N3. The SMILES string of the molecule is Fc1ccc([C@H]2CC2c2cc(Cl)nn3c(F)cnc23)c(F)c1. The predicted octanol–water partition coefficient (Wildman–Crippen LogP) is 4.07. The lowest BCUT2D eigenvalue weighted by Gasteiger charge is -2.05. The number of benzene rings is 1. The van der Waals surface area contributed by atoms with Crippen molar-refractivity contribution in [3.63, 3.8) is 0 Å². The van der Waals surface area contributed by atoms with Crippen LogP contribution in [0.25, 0.3) is 5.65 Å². The Labute approximate surface area is 128 Å². The van der Waals surface area contributed by atoms with E-state index in [9.17, 15) is 13.2 Å². The molecule has 22 heavy (non-hydrogen) atoms. The summed E-state index contributed by atoms with van der Waals surface area (Å²) in [7, 11) is 0. The lowest BCUT2D eigenvalue weighted by Crippen LogP contribution is -1.99. The number of rotatable bonds is 2. The molecule has 2 atom stereocenters. The van der Waals surface area contributed by atoms with E-state index >= 15 is 0 Å². The number of hydrogen-bond donors (Lipinski definition) is 0. The van der Waals surface area contributed by atoms with E-state index in [1.807, 2.05) is 0 Å². The molecule has 3 nitrogen and oxygen atoms in total. The number of fused-ring (bicyclic) bond motifs is 1. The fraction of sp³-hybridized carbons (Fsp3) is 0.200. The molecule has 2 heterocycles. The van der Waals surface area contributed by atoms with Crippen LogP contribution in [0.1, 0.15) is 29.4 Å². The fourth-order valence-electron chi connectivity index (χ4n) is 2.89. The molecule has 1 unspecified atom stereocenters. The van der Waals surface area contributed by atoms with Gasteiger partial charge in [-0.2, -0.15) is 14.0 Å². The summed E-state index contributed by atoms with van der Waals surface area (Å²) in [6.07, 6.45) is 1.74. The van der Waals surface area contributed by atoms with Crippen molar-refractivity contribution in [2.45, 2.75) is 18.3 Å². The quantitative estimate of drug-likeness (QED) is 0.711. The third kappa shape index (κ3) is 2.06. The fourth-order valence-corrected chi connectivity index (χ4v) is 3.08. The molecule has 1 aliphatic carbocycles. The third-order valence-corrected chi connectivity index (χ3v) is 4.16. The zero-order valence-corrected chi connectivity index (χ0v) is 11.9. The maximum atomic E-state index is 13.9. The van der Waals surface area contributed by atoms with Gasteiger partial charge in [-0.1, -0.05) is 17.7 Å². The minimum atomic E-state index is -0.608. The van der Waals surface area contributed by atoms with Gasteiger partial charge in [-0.25, -0.2) is 13.8 Å². The van der Waals surface area contributed by atoms with Crippen molar-refractivity contribution in [2.24, 2.45) is 0 Å². The summed E-state index contributed by atoms with van der Waals surface area (Å²) in [5.74, 6) is -1.92. The molecule has 3 aromatic rings. The van der Waals surface area contributed by atoms with Gasteiger partial charge in [-0.3, -0.25) is 0 Å². The summed E-state index contributed by atoms with van der Waals surface area (Å²) in [5.41, 5.74) is 1.54. The Bertz CT molecular complexity index is 893. The van der Waals surface area contributed by atoms with Crippen molar-refractivity contribution in [2.75, 3.05) is 0 Å². The van der Waals surface area contributed by atoms with Gasteiger partial charge >= 0.3 is 0 Å². The third-order valence-electron chi connectivity index (χ3n) is 3.98. The second kappa shape index (κ2) is 4.71. The second-order valence-electron chi connectivity index (χ2n) is 5.35. The zero-order valence-electron chi connectivity index (χ0n) is 11.1. The molecule has 0 saturated heterocycles. The highest BCUT2D eigenvalue weighted by Crippen LogP contribution is 2.56. The Morgan fingerprint density at radius 2 is 1.86 bits per heavy atom. The highest BCUT2D eigenvalue weighted by Gasteiger charge is 2.42. The molecule has 112 valence electrons. The summed E-state index contributed by atoms with van der Waals surface area (Å²) in [4.78, 5) is 4.00. The van der Waals surface area contributed by atoms with Crippen LogP contribution in [0.2, 0.25) is 5.15 Å². The van der Waals surface area contributed by atoms with Gasteiger partial charge in [0.15, 0.2) is 10.8 Å². The van der Waals surface area contributed by atoms with Crippen molar-refractivity contribution in [1.82, 2.24) is 14.6 Å². The molecule has 0 bridgehead atoms. The van der Waals surface area contributed by atoms with E-state index in [1.165, 1.54) is 12.1 Å². The number of imidazole rings is 1. The van der Waals surface area contributed by atoms with Crippen LogP contribution in [0, 0.1) is 17.6 Å². The Morgan fingerprint density at radius 3 is 2.64 bits per heavy atom. The lowest BCUT2D eigenvalue weighted by molar-refractivity contribution is 0.548. The molecule has 0 spiro atoms. The average Bonchev–Trinajstić information content (AvgIpc) is 3.16. The van der Waals surface area contributed by atoms with Gasteiger partial charge in [0.1, 0.15) is 11.6 Å². The van der Waals surface area contributed by atoms with Gasteiger partial charge in [0.05, 0.1) is 6.20 Å². The van der Waals surface area contributed by atoms with Crippen molar-refractivity contribution in [3.05, 3.63) is 64.3 Å². The van der Waals surface area contributed by atoms with E-state index in [1.54, 1.807) is 6.07 Å². The first-order chi connectivity index (χ1) is 10.5. The van der Waals surface area contributed by atoms with Gasteiger partial charge in [0, 0.05) is 11.6 Å². The van der Waals surface area contributed by atoms with E-state index in [4.69, 9.17) is 11.6 Å². The molecule has 7 heteroatoms. The Kier molecular flexibility index (Phi) is 2.91. The lowest BCUT2D eigenvalue weighted by atomic mass is 10.1. The van der Waals surface area contributed by atoms with Gasteiger partial charge in [-0.05, 0) is 36.0 Å². The van der Waals surface area contributed by atoms with Gasteiger partial charge < -0.3 is 0 Å². The largest absolute Gasteiger partial charge is 0.234 e. The highest BCUT2D eigenvalue weighted by molar-refractivity contribution is 6.29.